The first-order valence-corrected chi connectivity index (χ1v) is 7.82. The highest BCUT2D eigenvalue weighted by molar-refractivity contribution is 7.99. The van der Waals surface area contributed by atoms with E-state index in [0.717, 1.165) is 4.90 Å². The highest BCUT2D eigenvalue weighted by Crippen LogP contribution is 2.20. The number of hydrogen-bond donors (Lipinski definition) is 2. The zero-order valence-electron chi connectivity index (χ0n) is 11.9. The average molecular weight is 305 g/mol. The van der Waals surface area contributed by atoms with Crippen LogP contribution in [0.25, 0.3) is 0 Å². The fourth-order valence-electron chi connectivity index (χ4n) is 1.77. The maximum Gasteiger partial charge on any atom is 0.223 e. The Hall–Kier alpha value is -1.72. The molecule has 1 amide bonds. The van der Waals surface area contributed by atoms with E-state index in [1.807, 2.05) is 37.3 Å². The molecule has 2 atom stereocenters. The number of rotatable bonds is 7. The maximum absolute atomic E-state index is 12.0. The normalized spacial score (nSPS) is 13.6. The molecular weight excluding hydrogens is 286 g/mol. The first-order valence-electron chi connectivity index (χ1n) is 6.84. The van der Waals surface area contributed by atoms with Crippen molar-refractivity contribution in [3.63, 3.8) is 0 Å². The fraction of sp³-hybridized carbons (Fsp3) is 0.312. The molecule has 0 spiro atoms. The lowest BCUT2D eigenvalue weighted by Gasteiger charge is -2.14. The molecule has 1 heterocycles. The smallest absolute Gasteiger partial charge is 0.223 e. The van der Waals surface area contributed by atoms with Crippen LogP contribution in [0, 0.1) is 5.92 Å². The standard InChI is InChI=1S/C16H19NO3S/c1-12(11-21-13-6-3-2-4-7-13)16(19)17-10-14(18)15-8-5-9-20-15/h2-9,12,14,18H,10-11H2,1H3,(H,17,19). The van der Waals surface area contributed by atoms with Crippen LogP contribution in [0.3, 0.4) is 0 Å². The Bertz CT molecular complexity index is 542. The summed E-state index contributed by atoms with van der Waals surface area (Å²) in [7, 11) is 0. The Morgan fingerprint density at radius 2 is 2.05 bits per heavy atom. The van der Waals surface area contributed by atoms with Gasteiger partial charge in [-0.2, -0.15) is 0 Å². The number of thioether (sulfide) groups is 1. The van der Waals surface area contributed by atoms with E-state index in [-0.39, 0.29) is 18.4 Å². The number of aliphatic hydroxyl groups is 1. The van der Waals surface area contributed by atoms with Crippen molar-refractivity contribution in [1.82, 2.24) is 5.32 Å². The van der Waals surface area contributed by atoms with E-state index in [2.05, 4.69) is 5.32 Å². The van der Waals surface area contributed by atoms with Gasteiger partial charge in [-0.05, 0) is 24.3 Å². The van der Waals surface area contributed by atoms with Crippen LogP contribution in [-0.4, -0.2) is 23.3 Å². The molecule has 2 aromatic rings. The first-order chi connectivity index (χ1) is 10.2. The van der Waals surface area contributed by atoms with Crippen LogP contribution >= 0.6 is 11.8 Å². The van der Waals surface area contributed by atoms with E-state index in [9.17, 15) is 9.90 Å². The topological polar surface area (TPSA) is 62.5 Å². The summed E-state index contributed by atoms with van der Waals surface area (Å²) < 4.78 is 5.09. The van der Waals surface area contributed by atoms with Crippen molar-refractivity contribution in [2.24, 2.45) is 5.92 Å². The molecule has 0 aliphatic carbocycles. The molecule has 0 fully saturated rings. The second-order valence-corrected chi connectivity index (χ2v) is 5.89. The third-order valence-electron chi connectivity index (χ3n) is 3.03. The monoisotopic (exact) mass is 305 g/mol. The molecule has 4 nitrogen and oxygen atoms in total. The first kappa shape index (κ1) is 15.7. The molecule has 112 valence electrons. The van der Waals surface area contributed by atoms with Crippen LogP contribution in [-0.2, 0) is 4.79 Å². The lowest BCUT2D eigenvalue weighted by Crippen LogP contribution is -2.33. The summed E-state index contributed by atoms with van der Waals surface area (Å²) in [6.45, 7) is 2.04. The molecule has 2 N–H and O–H groups in total. The number of aliphatic hydroxyl groups excluding tert-OH is 1. The molecule has 2 unspecified atom stereocenters. The molecule has 0 saturated heterocycles. The minimum absolute atomic E-state index is 0.0657. The van der Waals surface area contributed by atoms with Crippen molar-refractivity contribution in [2.75, 3.05) is 12.3 Å². The SMILES string of the molecule is CC(CSc1ccccc1)C(=O)NCC(O)c1ccco1. The van der Waals surface area contributed by atoms with Gasteiger partial charge in [0.25, 0.3) is 0 Å². The minimum atomic E-state index is -0.807. The molecule has 1 aromatic heterocycles. The van der Waals surface area contributed by atoms with Crippen LogP contribution in [0.4, 0.5) is 0 Å². The molecular formula is C16H19NO3S. The molecule has 0 radical (unpaired) electrons. The number of nitrogens with one attached hydrogen (secondary N) is 1. The van der Waals surface area contributed by atoms with Crippen molar-refractivity contribution in [1.29, 1.82) is 0 Å². The second-order valence-electron chi connectivity index (χ2n) is 4.80. The van der Waals surface area contributed by atoms with Crippen molar-refractivity contribution in [3.05, 3.63) is 54.5 Å². The Labute approximate surface area is 128 Å². The van der Waals surface area contributed by atoms with Gasteiger partial charge in [-0.3, -0.25) is 4.79 Å². The van der Waals surface area contributed by atoms with E-state index >= 15 is 0 Å². The van der Waals surface area contributed by atoms with E-state index in [4.69, 9.17) is 4.42 Å². The summed E-state index contributed by atoms with van der Waals surface area (Å²) in [5, 5.41) is 12.6. The largest absolute Gasteiger partial charge is 0.467 e. The van der Waals surface area contributed by atoms with Crippen LogP contribution in [0.15, 0.2) is 58.0 Å². The van der Waals surface area contributed by atoms with Gasteiger partial charge in [0.1, 0.15) is 11.9 Å². The van der Waals surface area contributed by atoms with E-state index in [0.29, 0.717) is 11.5 Å². The Morgan fingerprint density at radius 1 is 1.29 bits per heavy atom. The van der Waals surface area contributed by atoms with Crippen LogP contribution < -0.4 is 5.32 Å². The van der Waals surface area contributed by atoms with E-state index in [1.165, 1.54) is 6.26 Å². The molecule has 2 rings (SSSR count). The Morgan fingerprint density at radius 3 is 2.71 bits per heavy atom. The quantitative estimate of drug-likeness (QED) is 0.772. The maximum atomic E-state index is 12.0. The average Bonchev–Trinajstić information content (AvgIpc) is 3.05. The van der Waals surface area contributed by atoms with Gasteiger partial charge in [-0.1, -0.05) is 25.1 Å². The molecule has 0 saturated carbocycles. The highest BCUT2D eigenvalue weighted by Gasteiger charge is 2.16. The van der Waals surface area contributed by atoms with Crippen molar-refractivity contribution >= 4 is 17.7 Å². The summed E-state index contributed by atoms with van der Waals surface area (Å²) in [5.74, 6) is 0.969. The predicted molar refractivity (Wildman–Crippen MR) is 83.0 cm³/mol. The Kier molecular flexibility index (Phi) is 5.90. The lowest BCUT2D eigenvalue weighted by molar-refractivity contribution is -0.124. The van der Waals surface area contributed by atoms with Gasteiger partial charge in [0.2, 0.25) is 5.91 Å². The number of carbonyl (C=O) groups excluding carboxylic acids is 1. The summed E-state index contributed by atoms with van der Waals surface area (Å²) in [4.78, 5) is 13.1. The van der Waals surface area contributed by atoms with Crippen LogP contribution in [0.2, 0.25) is 0 Å². The molecule has 21 heavy (non-hydrogen) atoms. The van der Waals surface area contributed by atoms with E-state index in [1.54, 1.807) is 23.9 Å². The van der Waals surface area contributed by atoms with Gasteiger partial charge in [0, 0.05) is 16.6 Å². The number of carbonyl (C=O) groups is 1. The summed E-state index contributed by atoms with van der Waals surface area (Å²) in [5.41, 5.74) is 0. The molecule has 0 aliphatic rings. The summed E-state index contributed by atoms with van der Waals surface area (Å²) in [6, 6.07) is 13.4. The minimum Gasteiger partial charge on any atom is -0.467 e. The van der Waals surface area contributed by atoms with Crippen molar-refractivity contribution in [3.8, 4) is 0 Å². The molecule has 0 bridgehead atoms. The Balaban J connectivity index is 1.72. The predicted octanol–water partition coefficient (Wildman–Crippen LogP) is 2.86. The number of hydrogen-bond acceptors (Lipinski definition) is 4. The third-order valence-corrected chi connectivity index (χ3v) is 4.30. The van der Waals surface area contributed by atoms with Gasteiger partial charge < -0.3 is 14.8 Å². The van der Waals surface area contributed by atoms with Crippen LogP contribution in [0.5, 0.6) is 0 Å². The van der Waals surface area contributed by atoms with Crippen molar-refractivity contribution < 1.29 is 14.3 Å². The van der Waals surface area contributed by atoms with Crippen molar-refractivity contribution in [2.45, 2.75) is 17.9 Å². The number of amides is 1. The van der Waals surface area contributed by atoms with Gasteiger partial charge in [0.05, 0.1) is 12.8 Å². The number of benzene rings is 1. The lowest BCUT2D eigenvalue weighted by atomic mass is 10.2. The van der Waals surface area contributed by atoms with E-state index < -0.39 is 6.10 Å². The second kappa shape index (κ2) is 7.90. The zero-order valence-corrected chi connectivity index (χ0v) is 12.7. The van der Waals surface area contributed by atoms with Gasteiger partial charge in [-0.15, -0.1) is 11.8 Å². The van der Waals surface area contributed by atoms with Crippen LogP contribution in [0.1, 0.15) is 18.8 Å². The highest BCUT2D eigenvalue weighted by atomic mass is 32.2. The van der Waals surface area contributed by atoms with Gasteiger partial charge in [0.15, 0.2) is 0 Å². The van der Waals surface area contributed by atoms with Gasteiger partial charge >= 0.3 is 0 Å². The molecule has 0 aliphatic heterocycles. The molecule has 5 heteroatoms. The molecule has 1 aromatic carbocycles. The fourth-order valence-corrected chi connectivity index (χ4v) is 2.71. The van der Waals surface area contributed by atoms with Gasteiger partial charge in [-0.25, -0.2) is 0 Å². The zero-order chi connectivity index (χ0) is 15.1. The summed E-state index contributed by atoms with van der Waals surface area (Å²) >= 11 is 1.65. The summed E-state index contributed by atoms with van der Waals surface area (Å²) in [6.07, 6.45) is 0.692. The third kappa shape index (κ3) is 4.95. The number of furan rings is 1.